The minimum Gasteiger partial charge on any atom is -0.379 e. The Kier molecular flexibility index (Phi) is 9.27. The highest BCUT2D eigenvalue weighted by Crippen LogP contribution is 2.61. The SMILES string of the molecule is CCCCOC[C@H]1O[C@H]2[C@@H]([C@@H](OCCCC)[C@H]1OCCCC)C2(Cl)Cl. The Balaban J connectivity index is 2.01. The predicted molar refractivity (Wildman–Crippen MR) is 102 cm³/mol. The summed E-state index contributed by atoms with van der Waals surface area (Å²) in [7, 11) is 0. The van der Waals surface area contributed by atoms with Gasteiger partial charge >= 0.3 is 0 Å². The van der Waals surface area contributed by atoms with E-state index in [0.29, 0.717) is 19.8 Å². The lowest BCUT2D eigenvalue weighted by molar-refractivity contribution is -0.194. The maximum atomic E-state index is 6.46. The molecule has 0 aromatic carbocycles. The molecule has 0 unspecified atom stereocenters. The number of halogens is 2. The first-order valence-electron chi connectivity index (χ1n) is 9.92. The predicted octanol–water partition coefficient (Wildman–Crippen LogP) is 4.74. The summed E-state index contributed by atoms with van der Waals surface area (Å²) in [5.74, 6) is -0.0220. The molecular formula is C19H34Cl2O4. The molecule has 0 aromatic heterocycles. The van der Waals surface area contributed by atoms with Crippen LogP contribution in [0.15, 0.2) is 0 Å². The second-order valence-corrected chi connectivity index (χ2v) is 8.55. The molecule has 5 atom stereocenters. The molecule has 2 aliphatic rings. The molecule has 0 bridgehead atoms. The van der Waals surface area contributed by atoms with Crippen molar-refractivity contribution in [1.82, 2.24) is 0 Å². The van der Waals surface area contributed by atoms with Crippen LogP contribution in [-0.4, -0.2) is 55.2 Å². The molecule has 1 heterocycles. The van der Waals surface area contributed by atoms with E-state index in [1.807, 2.05) is 0 Å². The van der Waals surface area contributed by atoms with Gasteiger partial charge in [0.15, 0.2) is 4.33 Å². The van der Waals surface area contributed by atoms with Gasteiger partial charge in [-0.15, -0.1) is 0 Å². The number of ether oxygens (including phenoxy) is 4. The zero-order chi connectivity index (χ0) is 18.3. The Hall–Kier alpha value is 0.420. The van der Waals surface area contributed by atoms with E-state index < -0.39 is 4.33 Å². The Bertz CT molecular complexity index is 380. The Labute approximate surface area is 162 Å². The quantitative estimate of drug-likeness (QED) is 0.332. The van der Waals surface area contributed by atoms with Crippen molar-refractivity contribution in [1.29, 1.82) is 0 Å². The van der Waals surface area contributed by atoms with Gasteiger partial charge in [0.1, 0.15) is 12.2 Å². The summed E-state index contributed by atoms with van der Waals surface area (Å²) >= 11 is 12.9. The summed E-state index contributed by atoms with van der Waals surface area (Å²) in [5, 5.41) is 0. The van der Waals surface area contributed by atoms with Gasteiger partial charge < -0.3 is 18.9 Å². The van der Waals surface area contributed by atoms with Crippen LogP contribution in [-0.2, 0) is 18.9 Å². The van der Waals surface area contributed by atoms with Gasteiger partial charge in [-0.3, -0.25) is 0 Å². The molecule has 148 valence electrons. The van der Waals surface area contributed by atoms with Crippen LogP contribution < -0.4 is 0 Å². The Morgan fingerprint density at radius 2 is 1.40 bits per heavy atom. The molecule has 6 heteroatoms. The summed E-state index contributed by atoms with van der Waals surface area (Å²) in [6.45, 7) is 9.09. The van der Waals surface area contributed by atoms with E-state index in [-0.39, 0.29) is 30.3 Å². The Morgan fingerprint density at radius 3 is 2.00 bits per heavy atom. The second kappa shape index (κ2) is 10.7. The van der Waals surface area contributed by atoms with Crippen molar-refractivity contribution in [2.45, 2.75) is 88.0 Å². The third kappa shape index (κ3) is 5.70. The molecule has 0 radical (unpaired) electrons. The van der Waals surface area contributed by atoms with Crippen LogP contribution in [0.3, 0.4) is 0 Å². The zero-order valence-electron chi connectivity index (χ0n) is 15.8. The lowest BCUT2D eigenvalue weighted by Crippen LogP contribution is -2.50. The molecular weight excluding hydrogens is 363 g/mol. The molecule has 1 saturated heterocycles. The van der Waals surface area contributed by atoms with Gasteiger partial charge in [0, 0.05) is 19.8 Å². The third-order valence-corrected chi connectivity index (χ3v) is 5.88. The monoisotopic (exact) mass is 396 g/mol. The molecule has 0 aromatic rings. The maximum absolute atomic E-state index is 6.46. The number of hydrogen-bond acceptors (Lipinski definition) is 4. The van der Waals surface area contributed by atoms with E-state index in [0.717, 1.165) is 45.1 Å². The highest BCUT2D eigenvalue weighted by atomic mass is 35.5. The van der Waals surface area contributed by atoms with Gasteiger partial charge in [-0.1, -0.05) is 63.2 Å². The normalized spacial score (nSPS) is 33.2. The van der Waals surface area contributed by atoms with Crippen molar-refractivity contribution in [2.24, 2.45) is 5.92 Å². The standard InChI is InChI=1S/C19H34Cl2O4/c1-4-7-10-22-13-14-16(23-11-8-5-2)17(24-12-9-6-3)15-18(25-14)19(15,20)21/h14-18H,4-13H2,1-3H3/t14-,15-,16+,17-,18+/m1/s1. The first kappa shape index (κ1) is 21.7. The fourth-order valence-electron chi connectivity index (χ4n) is 3.28. The lowest BCUT2D eigenvalue weighted by atomic mass is 10.0. The van der Waals surface area contributed by atoms with Crippen molar-refractivity contribution in [3.63, 3.8) is 0 Å². The second-order valence-electron chi connectivity index (χ2n) is 7.10. The number of rotatable bonds is 13. The summed E-state index contributed by atoms with van der Waals surface area (Å²) in [5.41, 5.74) is 0. The Morgan fingerprint density at radius 1 is 0.840 bits per heavy atom. The minimum absolute atomic E-state index is 0.0220. The zero-order valence-corrected chi connectivity index (χ0v) is 17.4. The van der Waals surface area contributed by atoms with Crippen molar-refractivity contribution < 1.29 is 18.9 Å². The van der Waals surface area contributed by atoms with Gasteiger partial charge in [-0.25, -0.2) is 0 Å². The number of hydrogen-bond donors (Lipinski definition) is 0. The summed E-state index contributed by atoms with van der Waals surface area (Å²) in [6, 6.07) is 0. The van der Waals surface area contributed by atoms with Crippen LogP contribution in [0.1, 0.15) is 59.3 Å². The van der Waals surface area contributed by atoms with Crippen LogP contribution in [0.4, 0.5) is 0 Å². The van der Waals surface area contributed by atoms with E-state index >= 15 is 0 Å². The minimum atomic E-state index is -0.874. The molecule has 0 spiro atoms. The number of unbranched alkanes of at least 4 members (excludes halogenated alkanes) is 3. The number of alkyl halides is 2. The average molecular weight is 397 g/mol. The van der Waals surface area contributed by atoms with Crippen molar-refractivity contribution in [3.8, 4) is 0 Å². The van der Waals surface area contributed by atoms with Gasteiger partial charge in [0.25, 0.3) is 0 Å². The first-order chi connectivity index (χ1) is 12.1. The summed E-state index contributed by atoms with van der Waals surface area (Å²) in [4.78, 5) is 0. The van der Waals surface area contributed by atoms with E-state index in [9.17, 15) is 0 Å². The average Bonchev–Trinajstić information content (AvgIpc) is 3.14. The summed E-state index contributed by atoms with van der Waals surface area (Å²) < 4.78 is 23.4. The fraction of sp³-hybridized carbons (Fsp3) is 1.00. The van der Waals surface area contributed by atoms with Crippen LogP contribution >= 0.6 is 23.2 Å². The molecule has 4 nitrogen and oxygen atoms in total. The first-order valence-corrected chi connectivity index (χ1v) is 10.7. The van der Waals surface area contributed by atoms with Crippen LogP contribution in [0.2, 0.25) is 0 Å². The van der Waals surface area contributed by atoms with E-state index in [1.165, 1.54) is 0 Å². The number of fused-ring (bicyclic) bond motifs is 1. The van der Waals surface area contributed by atoms with Crippen molar-refractivity contribution in [2.75, 3.05) is 26.4 Å². The molecule has 1 aliphatic heterocycles. The van der Waals surface area contributed by atoms with E-state index in [4.69, 9.17) is 42.1 Å². The maximum Gasteiger partial charge on any atom is 0.152 e. The van der Waals surface area contributed by atoms with Crippen LogP contribution in [0.5, 0.6) is 0 Å². The van der Waals surface area contributed by atoms with Gasteiger partial charge in [0.05, 0.1) is 24.7 Å². The smallest absolute Gasteiger partial charge is 0.152 e. The van der Waals surface area contributed by atoms with E-state index in [2.05, 4.69) is 20.8 Å². The highest BCUT2D eigenvalue weighted by molar-refractivity contribution is 6.51. The summed E-state index contributed by atoms with van der Waals surface area (Å²) in [6.07, 6.45) is 5.71. The molecule has 0 amide bonds. The molecule has 1 aliphatic carbocycles. The largest absolute Gasteiger partial charge is 0.379 e. The molecule has 25 heavy (non-hydrogen) atoms. The van der Waals surface area contributed by atoms with Crippen LogP contribution in [0.25, 0.3) is 0 Å². The fourth-order valence-corrected chi connectivity index (χ4v) is 4.00. The lowest BCUT2D eigenvalue weighted by Gasteiger charge is -2.37. The van der Waals surface area contributed by atoms with Crippen molar-refractivity contribution >= 4 is 23.2 Å². The van der Waals surface area contributed by atoms with Crippen molar-refractivity contribution in [3.05, 3.63) is 0 Å². The highest BCUT2D eigenvalue weighted by Gasteiger charge is 2.73. The van der Waals surface area contributed by atoms with Crippen LogP contribution in [0, 0.1) is 5.92 Å². The molecule has 1 saturated carbocycles. The van der Waals surface area contributed by atoms with Gasteiger partial charge in [-0.05, 0) is 19.3 Å². The van der Waals surface area contributed by atoms with E-state index in [1.54, 1.807) is 0 Å². The molecule has 2 rings (SSSR count). The molecule has 0 N–H and O–H groups in total. The van der Waals surface area contributed by atoms with Gasteiger partial charge in [0.2, 0.25) is 0 Å². The third-order valence-electron chi connectivity index (χ3n) is 4.95. The topological polar surface area (TPSA) is 36.9 Å². The molecule has 2 fully saturated rings. The van der Waals surface area contributed by atoms with Gasteiger partial charge in [-0.2, -0.15) is 0 Å².